The van der Waals surface area contributed by atoms with Crippen LogP contribution in [0.4, 0.5) is 4.79 Å². The minimum Gasteiger partial charge on any atom is -0.450 e. The fourth-order valence-corrected chi connectivity index (χ4v) is 7.62. The van der Waals surface area contributed by atoms with Crippen LogP contribution in [0.15, 0.2) is 0 Å². The standard InChI is InChI=1S/C27H47N5O4S/c1-4-16-36-26(35)31-22(27(2,3)37-20-8-5-6-9-20)25(34)32-15-7-10-21(32)24(33)30-17-18-11-13-19(14-12-18)23(28)29/h18-22H,4-17H2,1-3H3,(H3,28,29)(H,30,33)(H,31,35)/t18-,19-,21-,22-/m0/s1. The third kappa shape index (κ3) is 8.26. The second kappa shape index (κ2) is 13.7. The van der Waals surface area contributed by atoms with E-state index in [1.54, 1.807) is 16.7 Å². The van der Waals surface area contributed by atoms with Crippen molar-refractivity contribution < 1.29 is 19.1 Å². The second-order valence-electron chi connectivity index (χ2n) is 11.4. The predicted octanol–water partition coefficient (Wildman–Crippen LogP) is 3.80. The van der Waals surface area contributed by atoms with Crippen LogP contribution in [0.5, 0.6) is 0 Å². The molecule has 1 saturated heterocycles. The van der Waals surface area contributed by atoms with E-state index in [-0.39, 0.29) is 23.6 Å². The minimum absolute atomic E-state index is 0.117. The van der Waals surface area contributed by atoms with Gasteiger partial charge in [0.2, 0.25) is 11.8 Å². The van der Waals surface area contributed by atoms with Crippen LogP contribution < -0.4 is 16.4 Å². The van der Waals surface area contributed by atoms with E-state index < -0.39 is 22.9 Å². The molecular weight excluding hydrogens is 490 g/mol. The summed E-state index contributed by atoms with van der Waals surface area (Å²) in [7, 11) is 0. The lowest BCUT2D eigenvalue weighted by Gasteiger charge is -2.38. The Balaban J connectivity index is 1.64. The predicted molar refractivity (Wildman–Crippen MR) is 148 cm³/mol. The third-order valence-corrected chi connectivity index (χ3v) is 9.75. The number of amides is 3. The van der Waals surface area contributed by atoms with Crippen molar-refractivity contribution in [3.05, 3.63) is 0 Å². The highest BCUT2D eigenvalue weighted by Gasteiger charge is 2.45. The maximum Gasteiger partial charge on any atom is 0.407 e. The lowest BCUT2D eigenvalue weighted by Crippen LogP contribution is -2.60. The van der Waals surface area contributed by atoms with Gasteiger partial charge in [-0.1, -0.05) is 19.8 Å². The summed E-state index contributed by atoms with van der Waals surface area (Å²) in [5.74, 6) is 0.471. The van der Waals surface area contributed by atoms with Gasteiger partial charge in [-0.05, 0) is 77.6 Å². The largest absolute Gasteiger partial charge is 0.450 e. The first kappa shape index (κ1) is 29.6. The van der Waals surface area contributed by atoms with Gasteiger partial charge in [0.25, 0.3) is 0 Å². The van der Waals surface area contributed by atoms with E-state index in [1.165, 1.54) is 12.8 Å². The van der Waals surface area contributed by atoms with Crippen LogP contribution in [0.3, 0.4) is 0 Å². The quantitative estimate of drug-likeness (QED) is 0.234. The zero-order valence-corrected chi connectivity index (χ0v) is 23.7. The number of thioether (sulfide) groups is 1. The van der Waals surface area contributed by atoms with Crippen LogP contribution in [0.25, 0.3) is 0 Å². The highest BCUT2D eigenvalue weighted by Crippen LogP contribution is 2.40. The smallest absolute Gasteiger partial charge is 0.407 e. The Kier molecular flexibility index (Phi) is 11.0. The van der Waals surface area contributed by atoms with Gasteiger partial charge in [0, 0.05) is 29.0 Å². The first-order chi connectivity index (χ1) is 17.6. The summed E-state index contributed by atoms with van der Waals surface area (Å²) in [6.07, 6.45) is 9.81. The fourth-order valence-electron chi connectivity index (χ4n) is 5.90. The number of nitrogens with one attached hydrogen (secondary N) is 3. The molecule has 210 valence electrons. The van der Waals surface area contributed by atoms with Crippen molar-refractivity contribution in [3.8, 4) is 0 Å². The molecular formula is C27H47N5O4S. The Morgan fingerprint density at radius 2 is 1.76 bits per heavy atom. The topological polar surface area (TPSA) is 138 Å². The van der Waals surface area contributed by atoms with Gasteiger partial charge < -0.3 is 26.0 Å². The molecule has 2 saturated carbocycles. The van der Waals surface area contributed by atoms with E-state index in [1.807, 2.05) is 20.8 Å². The number of hydrogen-bond donors (Lipinski definition) is 4. The van der Waals surface area contributed by atoms with E-state index >= 15 is 0 Å². The molecule has 0 unspecified atom stereocenters. The molecule has 3 aliphatic rings. The lowest BCUT2D eigenvalue weighted by atomic mass is 9.81. The summed E-state index contributed by atoms with van der Waals surface area (Å²) in [5, 5.41) is 14.1. The van der Waals surface area contributed by atoms with Crippen molar-refractivity contribution in [1.82, 2.24) is 15.5 Å². The molecule has 0 spiro atoms. The van der Waals surface area contributed by atoms with Crippen molar-refractivity contribution in [1.29, 1.82) is 5.41 Å². The number of likely N-dealkylation sites (tertiary alicyclic amines) is 1. The summed E-state index contributed by atoms with van der Waals surface area (Å²) < 4.78 is 4.73. The van der Waals surface area contributed by atoms with Crippen LogP contribution in [-0.4, -0.2) is 70.4 Å². The van der Waals surface area contributed by atoms with Crippen LogP contribution in [0.2, 0.25) is 0 Å². The summed E-state index contributed by atoms with van der Waals surface area (Å²) in [6, 6.07) is -1.30. The van der Waals surface area contributed by atoms with E-state index in [4.69, 9.17) is 15.9 Å². The Morgan fingerprint density at radius 3 is 2.38 bits per heavy atom. The average molecular weight is 538 g/mol. The van der Waals surface area contributed by atoms with E-state index in [2.05, 4.69) is 10.6 Å². The molecule has 0 bridgehead atoms. The Morgan fingerprint density at radius 1 is 1.08 bits per heavy atom. The Bertz CT molecular complexity index is 809. The summed E-state index contributed by atoms with van der Waals surface area (Å²) in [6.45, 7) is 7.34. The maximum absolute atomic E-state index is 13.9. The van der Waals surface area contributed by atoms with Crippen molar-refractivity contribution in [3.63, 3.8) is 0 Å². The molecule has 3 rings (SSSR count). The normalized spacial score (nSPS) is 25.5. The summed E-state index contributed by atoms with van der Waals surface area (Å²) in [4.78, 5) is 41.4. The Hall–Kier alpha value is -1.97. The fraction of sp³-hybridized carbons (Fsp3) is 0.852. The van der Waals surface area contributed by atoms with Crippen LogP contribution >= 0.6 is 11.8 Å². The number of rotatable bonds is 11. The Labute approximate surface area is 226 Å². The first-order valence-electron chi connectivity index (χ1n) is 14.2. The number of hydrogen-bond acceptors (Lipinski definition) is 6. The molecule has 3 amide bonds. The molecule has 1 heterocycles. The van der Waals surface area contributed by atoms with Gasteiger partial charge >= 0.3 is 6.09 Å². The molecule has 9 nitrogen and oxygen atoms in total. The molecule has 10 heteroatoms. The maximum atomic E-state index is 13.9. The molecule has 37 heavy (non-hydrogen) atoms. The molecule has 1 aliphatic heterocycles. The summed E-state index contributed by atoms with van der Waals surface area (Å²) >= 11 is 1.77. The lowest BCUT2D eigenvalue weighted by molar-refractivity contribution is -0.140. The molecule has 2 aliphatic carbocycles. The van der Waals surface area contributed by atoms with Gasteiger partial charge in [-0.25, -0.2) is 4.79 Å². The number of amidine groups is 1. The van der Waals surface area contributed by atoms with Crippen LogP contribution in [0.1, 0.15) is 91.4 Å². The third-order valence-electron chi connectivity index (χ3n) is 8.10. The molecule has 5 N–H and O–H groups in total. The van der Waals surface area contributed by atoms with Gasteiger partial charge in [0.15, 0.2) is 0 Å². The second-order valence-corrected chi connectivity index (χ2v) is 13.4. The number of carbonyl (C=O) groups excluding carboxylic acids is 3. The monoisotopic (exact) mass is 537 g/mol. The number of nitrogens with two attached hydrogens (primary N) is 1. The van der Waals surface area contributed by atoms with Crippen molar-refractivity contribution in [2.75, 3.05) is 19.7 Å². The van der Waals surface area contributed by atoms with Gasteiger partial charge in [-0.3, -0.25) is 15.0 Å². The van der Waals surface area contributed by atoms with E-state index in [0.29, 0.717) is 43.7 Å². The number of ether oxygens (including phenoxy) is 1. The highest BCUT2D eigenvalue weighted by atomic mass is 32.2. The first-order valence-corrected chi connectivity index (χ1v) is 15.0. The van der Waals surface area contributed by atoms with Crippen LogP contribution in [-0.2, 0) is 14.3 Å². The van der Waals surface area contributed by atoms with Gasteiger partial charge in [0.05, 0.1) is 12.4 Å². The van der Waals surface area contributed by atoms with Gasteiger partial charge in [-0.15, -0.1) is 11.8 Å². The zero-order chi connectivity index (χ0) is 27.0. The molecule has 3 fully saturated rings. The molecule has 2 atom stereocenters. The summed E-state index contributed by atoms with van der Waals surface area (Å²) in [5.41, 5.74) is 5.66. The van der Waals surface area contributed by atoms with Gasteiger partial charge in [-0.2, -0.15) is 0 Å². The SMILES string of the molecule is CCCOC(=O)N[C@@H](C(=O)N1CCC[C@H]1C(=O)NC[C@H]1CC[C@H](C(=N)N)CC1)C(C)(C)SC1CCCC1. The van der Waals surface area contributed by atoms with E-state index in [9.17, 15) is 14.4 Å². The van der Waals surface area contributed by atoms with Crippen molar-refractivity contribution in [2.24, 2.45) is 17.6 Å². The van der Waals surface area contributed by atoms with Crippen molar-refractivity contribution >= 4 is 35.5 Å². The highest BCUT2D eigenvalue weighted by molar-refractivity contribution is 8.01. The molecule has 0 aromatic rings. The van der Waals surface area contributed by atoms with Gasteiger partial charge in [0.1, 0.15) is 12.1 Å². The minimum atomic E-state index is -0.780. The van der Waals surface area contributed by atoms with E-state index in [0.717, 1.165) is 44.9 Å². The zero-order valence-electron chi connectivity index (χ0n) is 22.9. The van der Waals surface area contributed by atoms with Crippen molar-refractivity contribution in [2.45, 2.75) is 113 Å². The molecule has 0 aromatic heterocycles. The number of carbonyl (C=O) groups is 3. The number of nitrogens with zero attached hydrogens (tertiary/aromatic N) is 1. The molecule has 0 radical (unpaired) electrons. The van der Waals surface area contributed by atoms with Crippen LogP contribution in [0, 0.1) is 17.2 Å². The number of alkyl carbamates (subject to hydrolysis) is 1. The molecule has 0 aromatic carbocycles. The average Bonchev–Trinajstić information content (AvgIpc) is 3.56.